The largest absolute Gasteiger partial charge is 0.461 e. The molecular formula is C17H21F3N2O3S. The average Bonchev–Trinajstić information content (AvgIpc) is 2.57. The molecule has 1 aromatic rings. The van der Waals surface area contributed by atoms with E-state index in [-0.39, 0.29) is 18.6 Å². The van der Waals surface area contributed by atoms with Crippen LogP contribution in [0.25, 0.3) is 0 Å². The first kappa shape index (κ1) is 22.0. The molecule has 1 aromatic carbocycles. The molecule has 0 bridgehead atoms. The van der Waals surface area contributed by atoms with E-state index in [1.165, 1.54) is 24.1 Å². The smallest absolute Gasteiger partial charge is 0.416 e. The summed E-state index contributed by atoms with van der Waals surface area (Å²) in [5, 5.41) is 2.61. The molecule has 144 valence electrons. The zero-order valence-corrected chi connectivity index (χ0v) is 15.3. The van der Waals surface area contributed by atoms with Gasteiger partial charge in [-0.1, -0.05) is 30.7 Å². The molecule has 1 unspecified atom stereocenters. The fourth-order valence-corrected chi connectivity index (χ4v) is 2.28. The minimum atomic E-state index is -4.41. The van der Waals surface area contributed by atoms with Crippen LogP contribution < -0.4 is 10.0 Å². The van der Waals surface area contributed by atoms with Gasteiger partial charge in [0.2, 0.25) is 5.91 Å². The molecule has 0 radical (unpaired) electrons. The summed E-state index contributed by atoms with van der Waals surface area (Å²) in [5.41, 5.74) is -0.235. The molecule has 0 aromatic heterocycles. The Morgan fingerprint density at radius 2 is 1.88 bits per heavy atom. The maximum Gasteiger partial charge on any atom is 0.416 e. The van der Waals surface area contributed by atoms with Gasteiger partial charge >= 0.3 is 12.1 Å². The van der Waals surface area contributed by atoms with Gasteiger partial charge in [0.1, 0.15) is 6.61 Å². The number of esters is 1. The highest BCUT2D eigenvalue weighted by Gasteiger charge is 2.30. The molecule has 1 atom stereocenters. The number of hydrogen-bond donors (Lipinski definition) is 2. The lowest BCUT2D eigenvalue weighted by Gasteiger charge is -2.16. The van der Waals surface area contributed by atoms with Crippen LogP contribution in [0, 0.1) is 0 Å². The van der Waals surface area contributed by atoms with E-state index in [9.17, 15) is 22.8 Å². The zero-order chi connectivity index (χ0) is 19.7. The van der Waals surface area contributed by atoms with Gasteiger partial charge in [-0.25, -0.2) is 4.79 Å². The van der Waals surface area contributed by atoms with Gasteiger partial charge in [-0.3, -0.25) is 9.52 Å². The van der Waals surface area contributed by atoms with Gasteiger partial charge in [0.25, 0.3) is 0 Å². The Morgan fingerprint density at radius 1 is 1.27 bits per heavy atom. The number of alkyl halides is 3. The first-order valence-corrected chi connectivity index (χ1v) is 8.95. The van der Waals surface area contributed by atoms with Gasteiger partial charge < -0.3 is 10.1 Å². The van der Waals surface area contributed by atoms with Crippen molar-refractivity contribution >= 4 is 23.8 Å². The lowest BCUT2D eigenvalue weighted by atomic mass is 10.1. The van der Waals surface area contributed by atoms with Crippen LogP contribution in [0.2, 0.25) is 0 Å². The summed E-state index contributed by atoms with van der Waals surface area (Å²) >= 11 is 1.39. The summed E-state index contributed by atoms with van der Waals surface area (Å²) in [6.07, 6.45) is -2.82. The van der Waals surface area contributed by atoms with E-state index in [4.69, 9.17) is 4.74 Å². The van der Waals surface area contributed by atoms with E-state index in [1.54, 1.807) is 6.92 Å². The number of ether oxygens (including phenoxy) is 1. The van der Waals surface area contributed by atoms with Crippen molar-refractivity contribution in [3.8, 4) is 0 Å². The summed E-state index contributed by atoms with van der Waals surface area (Å²) in [7, 11) is 0. The first-order valence-electron chi connectivity index (χ1n) is 7.72. The summed E-state index contributed by atoms with van der Waals surface area (Å²) in [4.78, 5) is 23.7. The molecule has 0 saturated carbocycles. The highest BCUT2D eigenvalue weighted by atomic mass is 32.2. The van der Waals surface area contributed by atoms with Crippen LogP contribution in [0.15, 0.2) is 36.4 Å². The van der Waals surface area contributed by atoms with Gasteiger partial charge in [0, 0.05) is 12.1 Å². The molecule has 26 heavy (non-hydrogen) atoms. The van der Waals surface area contributed by atoms with Crippen molar-refractivity contribution in [1.82, 2.24) is 10.0 Å². The van der Waals surface area contributed by atoms with Crippen molar-refractivity contribution in [2.45, 2.75) is 25.6 Å². The molecule has 2 N–H and O–H groups in total. The third-order valence-electron chi connectivity index (χ3n) is 3.36. The Hall–Kier alpha value is -2.00. The number of benzene rings is 1. The lowest BCUT2D eigenvalue weighted by molar-refractivity contribution is -0.140. The Bertz CT molecular complexity index is 633. The van der Waals surface area contributed by atoms with Gasteiger partial charge in [-0.15, -0.1) is 0 Å². The molecule has 9 heteroatoms. The molecule has 0 aliphatic carbocycles. The van der Waals surface area contributed by atoms with Gasteiger partial charge in [-0.2, -0.15) is 13.2 Å². The van der Waals surface area contributed by atoms with Crippen molar-refractivity contribution in [1.29, 1.82) is 0 Å². The second-order valence-corrected chi connectivity index (χ2v) is 6.12. The van der Waals surface area contributed by atoms with Crippen molar-refractivity contribution in [2.75, 3.05) is 19.4 Å². The molecule has 0 saturated heterocycles. The Labute approximate surface area is 154 Å². The SMILES string of the molecule is C=C(CC(=O)NC(C)c1ccc(C(F)(F)F)cc1)C(=O)OCCNSC. The lowest BCUT2D eigenvalue weighted by Crippen LogP contribution is -2.28. The minimum Gasteiger partial charge on any atom is -0.461 e. The van der Waals surface area contributed by atoms with E-state index in [0.29, 0.717) is 12.1 Å². The maximum absolute atomic E-state index is 12.6. The zero-order valence-electron chi connectivity index (χ0n) is 14.5. The van der Waals surface area contributed by atoms with Gasteiger partial charge in [0.05, 0.1) is 18.0 Å². The second kappa shape index (κ2) is 10.2. The van der Waals surface area contributed by atoms with Gasteiger partial charge in [0.15, 0.2) is 0 Å². The predicted molar refractivity (Wildman–Crippen MR) is 94.2 cm³/mol. The summed E-state index contributed by atoms with van der Waals surface area (Å²) in [6, 6.07) is 4.00. The summed E-state index contributed by atoms with van der Waals surface area (Å²) < 4.78 is 45.5. The van der Waals surface area contributed by atoms with E-state index < -0.39 is 29.7 Å². The molecular weight excluding hydrogens is 369 g/mol. The first-order chi connectivity index (χ1) is 12.1. The fraction of sp³-hybridized carbons (Fsp3) is 0.412. The number of amides is 1. The molecule has 0 spiro atoms. The molecule has 1 amide bonds. The average molecular weight is 390 g/mol. The number of nitrogens with one attached hydrogen (secondary N) is 2. The standard InChI is InChI=1S/C17H21F3N2O3S/c1-11(16(24)25-9-8-21-26-3)10-15(23)22-12(2)13-4-6-14(7-5-13)17(18,19)20/h4-7,12,21H,1,8-10H2,2-3H3,(H,22,23). The predicted octanol–water partition coefficient (Wildman–Crippen LogP) is 3.24. The van der Waals surface area contributed by atoms with E-state index in [1.807, 2.05) is 6.26 Å². The van der Waals surface area contributed by atoms with Crippen molar-refractivity contribution in [3.63, 3.8) is 0 Å². The third-order valence-corrected chi connectivity index (χ3v) is 3.85. The van der Waals surface area contributed by atoms with Crippen LogP contribution in [0.5, 0.6) is 0 Å². The van der Waals surface area contributed by atoms with Crippen molar-refractivity contribution in [2.24, 2.45) is 0 Å². The van der Waals surface area contributed by atoms with Crippen molar-refractivity contribution in [3.05, 3.63) is 47.5 Å². The van der Waals surface area contributed by atoms with Crippen molar-refractivity contribution < 1.29 is 27.5 Å². The highest BCUT2D eigenvalue weighted by molar-refractivity contribution is 7.96. The molecule has 0 heterocycles. The van der Waals surface area contributed by atoms with Gasteiger partial charge in [-0.05, 0) is 30.9 Å². The monoisotopic (exact) mass is 390 g/mol. The Kier molecular flexibility index (Phi) is 8.67. The number of hydrogen-bond acceptors (Lipinski definition) is 5. The van der Waals surface area contributed by atoms with Crippen LogP contribution in [0.1, 0.15) is 30.5 Å². The van der Waals surface area contributed by atoms with Crippen LogP contribution in [0.4, 0.5) is 13.2 Å². The third kappa shape index (κ3) is 7.49. The number of carbonyl (C=O) groups is 2. The quantitative estimate of drug-likeness (QED) is 0.293. The summed E-state index contributed by atoms with van der Waals surface area (Å²) in [5.74, 6) is -1.13. The number of carbonyl (C=O) groups excluding carboxylic acids is 2. The Balaban J connectivity index is 2.48. The van der Waals surface area contributed by atoms with Crippen LogP contribution in [-0.4, -0.2) is 31.3 Å². The minimum absolute atomic E-state index is 0.00581. The summed E-state index contributed by atoms with van der Waals surface area (Å²) in [6.45, 7) is 5.79. The molecule has 1 rings (SSSR count). The van der Waals surface area contributed by atoms with Crippen LogP contribution in [0.3, 0.4) is 0 Å². The molecule has 5 nitrogen and oxygen atoms in total. The van der Waals surface area contributed by atoms with Crippen LogP contribution in [-0.2, 0) is 20.5 Å². The number of rotatable bonds is 9. The fourth-order valence-electron chi connectivity index (χ4n) is 1.99. The molecule has 0 aliphatic heterocycles. The maximum atomic E-state index is 12.6. The van der Waals surface area contributed by atoms with E-state index in [2.05, 4.69) is 16.6 Å². The van der Waals surface area contributed by atoms with E-state index in [0.717, 1.165) is 12.1 Å². The highest BCUT2D eigenvalue weighted by Crippen LogP contribution is 2.29. The second-order valence-electron chi connectivity index (χ2n) is 5.42. The molecule has 0 aliphatic rings. The molecule has 0 fully saturated rings. The topological polar surface area (TPSA) is 67.4 Å². The van der Waals surface area contributed by atoms with Crippen LogP contribution >= 0.6 is 11.9 Å². The normalized spacial score (nSPS) is 12.3. The van der Waals surface area contributed by atoms with E-state index >= 15 is 0 Å². The Morgan fingerprint density at radius 3 is 2.42 bits per heavy atom. The number of halogens is 3.